The maximum absolute atomic E-state index is 15.1. The van der Waals surface area contributed by atoms with E-state index in [4.69, 9.17) is 9.47 Å². The molecule has 1 aromatic carbocycles. The minimum absolute atomic E-state index is 0.00958. The summed E-state index contributed by atoms with van der Waals surface area (Å²) in [5.74, 6) is -2.35. The molecule has 3 fully saturated rings. The van der Waals surface area contributed by atoms with Crippen molar-refractivity contribution in [1.29, 1.82) is 5.26 Å². The number of para-hydroxylation sites is 1. The number of benzene rings is 1. The zero-order chi connectivity index (χ0) is 42.6. The number of halogens is 6. The number of carboxylic acids is 1. The van der Waals surface area contributed by atoms with Crippen molar-refractivity contribution in [2.24, 2.45) is 5.41 Å². The van der Waals surface area contributed by atoms with Crippen LogP contribution in [0.4, 0.5) is 26.3 Å². The van der Waals surface area contributed by atoms with Gasteiger partial charge in [0.1, 0.15) is 22.1 Å². The number of rotatable bonds is 13. The fourth-order valence-corrected chi connectivity index (χ4v) is 9.76. The van der Waals surface area contributed by atoms with E-state index < -0.39 is 68.7 Å². The standard InChI is InChI=1S/C42H46F6N4O6S/c1-2-10-32-40(58-28-25-33(59-26-28)42(46,47)48,17-8-21-52(32)35(53)34-30(41(43,44)45)12-7-20-50-34)36(54)51-22-18-39(27-49,19-23-51)29-11-3-4-13-31(29)57-24-9-16-38(37(55)56)14-5-6-15-38/h3-4,7,11-13,20,25-26,32H,2,5-6,8-10,14-19,21-24H2,1H3,(H,55,56). The molecule has 10 nitrogen and oxygen atoms in total. The molecular weight excluding hydrogens is 803 g/mol. The number of aromatic nitrogens is 1. The molecular formula is C42H46F6N4O6S. The molecule has 59 heavy (non-hydrogen) atoms. The molecule has 17 heteroatoms. The van der Waals surface area contributed by atoms with Crippen LogP contribution in [0.5, 0.6) is 11.5 Å². The molecule has 6 rings (SSSR count). The molecule has 1 saturated carbocycles. The lowest BCUT2D eigenvalue weighted by Crippen LogP contribution is -2.68. The first kappa shape index (κ1) is 43.7. The maximum Gasteiger partial charge on any atom is 0.425 e. The van der Waals surface area contributed by atoms with Gasteiger partial charge >= 0.3 is 18.3 Å². The molecule has 1 aliphatic carbocycles. The monoisotopic (exact) mass is 848 g/mol. The zero-order valence-electron chi connectivity index (χ0n) is 32.5. The second-order valence-electron chi connectivity index (χ2n) is 15.7. The zero-order valence-corrected chi connectivity index (χ0v) is 33.4. The van der Waals surface area contributed by atoms with Gasteiger partial charge in [-0.2, -0.15) is 31.6 Å². The number of likely N-dealkylation sites (tertiary alicyclic amines) is 2. The smallest absolute Gasteiger partial charge is 0.425 e. The summed E-state index contributed by atoms with van der Waals surface area (Å²) >= 11 is 0.366. The first-order valence-electron chi connectivity index (χ1n) is 19.8. The summed E-state index contributed by atoms with van der Waals surface area (Å²) in [4.78, 5) is 46.6. The molecule has 2 atom stereocenters. The number of carboxylic acid groups (broad SMARTS) is 1. The van der Waals surface area contributed by atoms with Gasteiger partial charge in [-0.3, -0.25) is 19.4 Å². The van der Waals surface area contributed by atoms with Gasteiger partial charge in [0.15, 0.2) is 0 Å². The normalized spacial score (nSPS) is 21.8. The molecule has 0 radical (unpaired) electrons. The predicted molar refractivity (Wildman–Crippen MR) is 204 cm³/mol. The number of hydrogen-bond donors (Lipinski definition) is 1. The molecule has 2 aromatic heterocycles. The number of carbonyl (C=O) groups is 3. The molecule has 2 aliphatic heterocycles. The van der Waals surface area contributed by atoms with Gasteiger partial charge < -0.3 is 24.4 Å². The van der Waals surface area contributed by atoms with Crippen LogP contribution >= 0.6 is 11.3 Å². The Kier molecular flexibility index (Phi) is 12.9. The number of pyridine rings is 1. The summed E-state index contributed by atoms with van der Waals surface area (Å²) in [5.41, 5.74) is -5.40. The first-order valence-corrected chi connectivity index (χ1v) is 20.7. The lowest BCUT2D eigenvalue weighted by atomic mass is 9.72. The van der Waals surface area contributed by atoms with Crippen LogP contribution in [0.25, 0.3) is 0 Å². The average molecular weight is 849 g/mol. The number of alkyl halides is 6. The molecule has 3 aliphatic rings. The number of hydrogen-bond acceptors (Lipinski definition) is 8. The minimum atomic E-state index is -4.92. The molecule has 4 heterocycles. The van der Waals surface area contributed by atoms with E-state index >= 15 is 4.79 Å². The largest absolute Gasteiger partial charge is 0.493 e. The van der Waals surface area contributed by atoms with Gasteiger partial charge in [0.05, 0.1) is 35.1 Å². The highest BCUT2D eigenvalue weighted by Crippen LogP contribution is 2.46. The minimum Gasteiger partial charge on any atom is -0.493 e. The van der Waals surface area contributed by atoms with E-state index in [0.29, 0.717) is 54.8 Å². The highest BCUT2D eigenvalue weighted by molar-refractivity contribution is 7.10. The van der Waals surface area contributed by atoms with Crippen LogP contribution in [0.2, 0.25) is 0 Å². The van der Waals surface area contributed by atoms with Crippen LogP contribution in [0.1, 0.15) is 110 Å². The Morgan fingerprint density at radius 1 is 0.966 bits per heavy atom. The Bertz CT molecular complexity index is 2040. The van der Waals surface area contributed by atoms with Crippen molar-refractivity contribution in [1.82, 2.24) is 14.8 Å². The van der Waals surface area contributed by atoms with Crippen LogP contribution in [0.15, 0.2) is 54.0 Å². The topological polar surface area (TPSA) is 133 Å². The van der Waals surface area contributed by atoms with E-state index in [1.807, 2.05) is 0 Å². The van der Waals surface area contributed by atoms with Crippen molar-refractivity contribution in [2.45, 2.75) is 113 Å². The predicted octanol–water partition coefficient (Wildman–Crippen LogP) is 9.29. The number of thiophene rings is 1. The van der Waals surface area contributed by atoms with Crippen LogP contribution in [-0.4, -0.2) is 75.6 Å². The van der Waals surface area contributed by atoms with Gasteiger partial charge in [-0.25, -0.2) is 0 Å². The molecule has 2 unspecified atom stereocenters. The van der Waals surface area contributed by atoms with Gasteiger partial charge in [0.25, 0.3) is 11.8 Å². The molecule has 2 amide bonds. The Labute approximate surface area is 342 Å². The number of amides is 2. The van der Waals surface area contributed by atoms with Crippen LogP contribution in [0.3, 0.4) is 0 Å². The lowest BCUT2D eigenvalue weighted by molar-refractivity contribution is -0.160. The number of ether oxygens (including phenoxy) is 2. The number of piperidine rings is 2. The molecule has 1 N–H and O–H groups in total. The Morgan fingerprint density at radius 3 is 2.31 bits per heavy atom. The fraction of sp³-hybridized carbons (Fsp3) is 0.548. The van der Waals surface area contributed by atoms with E-state index in [1.54, 1.807) is 31.2 Å². The first-order chi connectivity index (χ1) is 28.0. The molecule has 0 bridgehead atoms. The fourth-order valence-electron chi connectivity index (χ4n) is 9.08. The molecule has 0 spiro atoms. The number of nitrogens with zero attached hydrogens (tertiary/aromatic N) is 4. The summed E-state index contributed by atoms with van der Waals surface area (Å²) in [6.45, 7) is 1.94. The van der Waals surface area contributed by atoms with Gasteiger partial charge in [0.2, 0.25) is 5.60 Å². The van der Waals surface area contributed by atoms with Crippen LogP contribution in [0, 0.1) is 16.7 Å². The van der Waals surface area contributed by atoms with Crippen LogP contribution in [-0.2, 0) is 27.4 Å². The lowest BCUT2D eigenvalue weighted by Gasteiger charge is -2.51. The van der Waals surface area contributed by atoms with Crippen molar-refractivity contribution in [2.75, 3.05) is 26.2 Å². The van der Waals surface area contributed by atoms with E-state index in [9.17, 15) is 46.3 Å². The van der Waals surface area contributed by atoms with Gasteiger partial charge in [-0.05, 0) is 69.6 Å². The SMILES string of the molecule is CCCC1N(C(=O)c2ncccc2C(F)(F)F)CCCC1(Oc1csc(C(F)(F)F)c1)C(=O)N1CCC(C#N)(c2ccccc2OCCCC2(C(=O)O)CCCC2)CC1. The van der Waals surface area contributed by atoms with Gasteiger partial charge in [-0.1, -0.05) is 44.4 Å². The Balaban J connectivity index is 1.28. The summed E-state index contributed by atoms with van der Waals surface area (Å²) in [6.07, 6.45) is -3.94. The quantitative estimate of drug-likeness (QED) is 0.133. The number of aliphatic carboxylic acids is 1. The molecule has 318 valence electrons. The Hall–Kier alpha value is -4.85. The third kappa shape index (κ3) is 8.88. The highest BCUT2D eigenvalue weighted by atomic mass is 32.1. The van der Waals surface area contributed by atoms with Gasteiger partial charge in [-0.15, -0.1) is 11.3 Å². The molecule has 2 saturated heterocycles. The van der Waals surface area contributed by atoms with E-state index in [0.717, 1.165) is 47.5 Å². The third-order valence-corrected chi connectivity index (χ3v) is 13.1. The third-order valence-electron chi connectivity index (χ3n) is 12.1. The van der Waals surface area contributed by atoms with E-state index in [-0.39, 0.29) is 64.1 Å². The van der Waals surface area contributed by atoms with E-state index in [2.05, 4.69) is 11.1 Å². The van der Waals surface area contributed by atoms with Crippen LogP contribution < -0.4 is 9.47 Å². The van der Waals surface area contributed by atoms with Crippen molar-refractivity contribution < 1.29 is 55.3 Å². The van der Waals surface area contributed by atoms with Gasteiger partial charge in [0, 0.05) is 49.3 Å². The van der Waals surface area contributed by atoms with Crippen molar-refractivity contribution in [3.8, 4) is 17.6 Å². The Morgan fingerprint density at radius 2 is 1.68 bits per heavy atom. The van der Waals surface area contributed by atoms with Crippen molar-refractivity contribution in [3.63, 3.8) is 0 Å². The van der Waals surface area contributed by atoms with Crippen molar-refractivity contribution >= 4 is 29.1 Å². The highest BCUT2D eigenvalue weighted by Gasteiger charge is 2.57. The summed E-state index contributed by atoms with van der Waals surface area (Å²) < 4.78 is 96.1. The molecule has 3 aromatic rings. The summed E-state index contributed by atoms with van der Waals surface area (Å²) in [7, 11) is 0. The van der Waals surface area contributed by atoms with E-state index in [1.165, 1.54) is 4.90 Å². The second kappa shape index (κ2) is 17.4. The summed E-state index contributed by atoms with van der Waals surface area (Å²) in [5, 5.41) is 21.7. The number of carbonyl (C=O) groups excluding carboxylic acids is 2. The number of nitriles is 1. The summed E-state index contributed by atoms with van der Waals surface area (Å²) in [6, 6.07) is 10.9. The second-order valence-corrected chi connectivity index (χ2v) is 16.6. The van der Waals surface area contributed by atoms with Crippen molar-refractivity contribution in [3.05, 3.63) is 75.7 Å². The average Bonchev–Trinajstić information content (AvgIpc) is 3.91. The maximum atomic E-state index is 15.1.